The number of aliphatic imine (C=N–C) groups is 1. The van der Waals surface area contributed by atoms with Crippen molar-refractivity contribution >= 4 is 5.96 Å². The third-order valence-electron chi connectivity index (χ3n) is 4.36. The lowest BCUT2D eigenvalue weighted by Crippen LogP contribution is -2.40. The van der Waals surface area contributed by atoms with E-state index in [2.05, 4.69) is 27.6 Å². The molecule has 0 radical (unpaired) electrons. The summed E-state index contributed by atoms with van der Waals surface area (Å²) in [6.07, 6.45) is 9.18. The van der Waals surface area contributed by atoms with E-state index in [-0.39, 0.29) is 0 Å². The summed E-state index contributed by atoms with van der Waals surface area (Å²) in [4.78, 5) is 6.79. The monoisotopic (exact) mass is 312 g/mol. The van der Waals surface area contributed by atoms with E-state index in [1.165, 1.54) is 38.6 Å². The van der Waals surface area contributed by atoms with Crippen molar-refractivity contribution in [3.63, 3.8) is 0 Å². The van der Waals surface area contributed by atoms with E-state index in [0.717, 1.165) is 51.1 Å². The molecule has 0 aromatic rings. The molecule has 0 heterocycles. The maximum atomic E-state index is 5.33. The zero-order valence-corrected chi connectivity index (χ0v) is 14.9. The Balaban J connectivity index is 2.03. The van der Waals surface area contributed by atoms with Crippen LogP contribution >= 0.6 is 0 Å². The third-order valence-corrected chi connectivity index (χ3v) is 4.36. The maximum Gasteiger partial charge on any atom is 0.190 e. The molecule has 0 spiro atoms. The highest BCUT2D eigenvalue weighted by atomic mass is 16.5. The highest BCUT2D eigenvalue weighted by Gasteiger charge is 2.17. The first-order chi connectivity index (χ1) is 10.8. The smallest absolute Gasteiger partial charge is 0.190 e. The van der Waals surface area contributed by atoms with Crippen LogP contribution in [0.5, 0.6) is 0 Å². The fourth-order valence-corrected chi connectivity index (χ4v) is 2.99. The molecule has 2 N–H and O–H groups in total. The van der Waals surface area contributed by atoms with Crippen LogP contribution in [0.2, 0.25) is 0 Å². The Morgan fingerprint density at radius 3 is 2.45 bits per heavy atom. The second-order valence-electron chi connectivity index (χ2n) is 6.10. The summed E-state index contributed by atoms with van der Waals surface area (Å²) in [7, 11) is 4.10. The fraction of sp³-hybridized carbons (Fsp3) is 0.941. The summed E-state index contributed by atoms with van der Waals surface area (Å²) in [6, 6.07) is 0.810. The van der Waals surface area contributed by atoms with Crippen LogP contribution in [0.25, 0.3) is 0 Å². The minimum Gasteiger partial charge on any atom is -0.382 e. The quantitative estimate of drug-likeness (QED) is 0.369. The molecule has 0 aliphatic heterocycles. The van der Waals surface area contributed by atoms with E-state index >= 15 is 0 Å². The number of hydrogen-bond acceptors (Lipinski definition) is 3. The standard InChI is InChI=1S/C17H36N4O/c1-4-22-15-9-13-20-17(18-2)19-12-8-14-21(3)16-10-6-5-7-11-16/h16H,4-15H2,1-3H3,(H2,18,19,20). The van der Waals surface area contributed by atoms with Crippen LogP contribution in [0.3, 0.4) is 0 Å². The Kier molecular flexibility index (Phi) is 11.1. The molecule has 5 heteroatoms. The van der Waals surface area contributed by atoms with Crippen LogP contribution in [-0.2, 0) is 4.74 Å². The molecule has 130 valence electrons. The zero-order chi connectivity index (χ0) is 16.0. The second-order valence-corrected chi connectivity index (χ2v) is 6.10. The Morgan fingerprint density at radius 2 is 1.82 bits per heavy atom. The van der Waals surface area contributed by atoms with Gasteiger partial charge in [-0.2, -0.15) is 0 Å². The van der Waals surface area contributed by atoms with Gasteiger partial charge in [0.15, 0.2) is 5.96 Å². The molecule has 0 unspecified atom stereocenters. The zero-order valence-electron chi connectivity index (χ0n) is 14.9. The number of nitrogens with one attached hydrogen (secondary N) is 2. The molecule has 0 amide bonds. The van der Waals surface area contributed by atoms with Crippen LogP contribution in [0.1, 0.15) is 51.9 Å². The Hall–Kier alpha value is -0.810. The van der Waals surface area contributed by atoms with Gasteiger partial charge in [0.2, 0.25) is 0 Å². The Bertz CT molecular complexity index is 290. The summed E-state index contributed by atoms with van der Waals surface area (Å²) in [5, 5.41) is 6.72. The van der Waals surface area contributed by atoms with Gasteiger partial charge in [-0.1, -0.05) is 19.3 Å². The third kappa shape index (κ3) is 8.59. The summed E-state index contributed by atoms with van der Waals surface area (Å²) in [5.41, 5.74) is 0. The number of ether oxygens (including phenoxy) is 1. The van der Waals surface area contributed by atoms with Gasteiger partial charge in [0.25, 0.3) is 0 Å². The van der Waals surface area contributed by atoms with Gasteiger partial charge in [0.05, 0.1) is 0 Å². The summed E-state index contributed by atoms with van der Waals surface area (Å²) in [5.74, 6) is 0.900. The van der Waals surface area contributed by atoms with Crippen molar-refractivity contribution in [2.45, 2.75) is 57.9 Å². The van der Waals surface area contributed by atoms with Crippen molar-refractivity contribution in [2.24, 2.45) is 4.99 Å². The van der Waals surface area contributed by atoms with Gasteiger partial charge in [-0.15, -0.1) is 0 Å². The van der Waals surface area contributed by atoms with Crippen molar-refractivity contribution in [3.05, 3.63) is 0 Å². The van der Waals surface area contributed by atoms with Crippen molar-refractivity contribution in [2.75, 3.05) is 46.9 Å². The molecule has 0 atom stereocenters. The SMILES string of the molecule is CCOCCCNC(=NC)NCCCN(C)C1CCCCC1. The molecule has 0 aromatic heterocycles. The first-order valence-corrected chi connectivity index (χ1v) is 9.00. The molecule has 0 bridgehead atoms. The minimum absolute atomic E-state index is 0.793. The molecule has 1 rings (SSSR count). The van der Waals surface area contributed by atoms with Crippen molar-refractivity contribution in [3.8, 4) is 0 Å². The molecule has 1 saturated carbocycles. The van der Waals surface area contributed by atoms with E-state index < -0.39 is 0 Å². The van der Waals surface area contributed by atoms with E-state index in [1.54, 1.807) is 0 Å². The van der Waals surface area contributed by atoms with Gasteiger partial charge in [-0.3, -0.25) is 4.99 Å². The topological polar surface area (TPSA) is 48.9 Å². The summed E-state index contributed by atoms with van der Waals surface area (Å²) < 4.78 is 5.33. The number of guanidine groups is 1. The lowest BCUT2D eigenvalue weighted by atomic mass is 9.94. The molecular weight excluding hydrogens is 276 g/mol. The first-order valence-electron chi connectivity index (χ1n) is 9.00. The average molecular weight is 313 g/mol. The van der Waals surface area contributed by atoms with E-state index in [4.69, 9.17) is 4.74 Å². The number of nitrogens with zero attached hydrogens (tertiary/aromatic N) is 2. The number of hydrogen-bond donors (Lipinski definition) is 2. The molecular formula is C17H36N4O. The van der Waals surface area contributed by atoms with Crippen molar-refractivity contribution in [1.82, 2.24) is 15.5 Å². The minimum atomic E-state index is 0.793. The molecule has 5 nitrogen and oxygen atoms in total. The second kappa shape index (κ2) is 12.7. The van der Waals surface area contributed by atoms with E-state index in [0.29, 0.717) is 0 Å². The summed E-state index contributed by atoms with van der Waals surface area (Å²) in [6.45, 7) is 6.68. The lowest BCUT2D eigenvalue weighted by molar-refractivity contribution is 0.145. The van der Waals surface area contributed by atoms with Crippen LogP contribution in [0.4, 0.5) is 0 Å². The average Bonchev–Trinajstić information content (AvgIpc) is 2.57. The molecule has 22 heavy (non-hydrogen) atoms. The molecule has 1 aliphatic carbocycles. The van der Waals surface area contributed by atoms with Gasteiger partial charge in [0.1, 0.15) is 0 Å². The molecule has 0 saturated heterocycles. The highest BCUT2D eigenvalue weighted by Crippen LogP contribution is 2.21. The molecule has 1 fully saturated rings. The van der Waals surface area contributed by atoms with Crippen molar-refractivity contribution in [1.29, 1.82) is 0 Å². The Labute approximate surface area is 136 Å². The predicted molar refractivity (Wildman–Crippen MR) is 94.6 cm³/mol. The largest absolute Gasteiger partial charge is 0.382 e. The highest BCUT2D eigenvalue weighted by molar-refractivity contribution is 5.79. The first kappa shape index (κ1) is 19.2. The predicted octanol–water partition coefficient (Wildman–Crippen LogP) is 2.23. The fourth-order valence-electron chi connectivity index (χ4n) is 2.99. The van der Waals surface area contributed by atoms with Gasteiger partial charge in [-0.05, 0) is 46.2 Å². The molecule has 1 aliphatic rings. The number of rotatable bonds is 10. The van der Waals surface area contributed by atoms with Gasteiger partial charge in [0, 0.05) is 39.4 Å². The normalized spacial score (nSPS) is 17.0. The van der Waals surface area contributed by atoms with Crippen LogP contribution < -0.4 is 10.6 Å². The molecule has 0 aromatic carbocycles. The maximum absolute atomic E-state index is 5.33. The van der Waals surface area contributed by atoms with E-state index in [1.807, 2.05) is 14.0 Å². The van der Waals surface area contributed by atoms with Gasteiger partial charge < -0.3 is 20.3 Å². The summed E-state index contributed by atoms with van der Waals surface area (Å²) >= 11 is 0. The Morgan fingerprint density at radius 1 is 1.14 bits per heavy atom. The van der Waals surface area contributed by atoms with Crippen LogP contribution in [0, 0.1) is 0 Å². The van der Waals surface area contributed by atoms with Gasteiger partial charge >= 0.3 is 0 Å². The van der Waals surface area contributed by atoms with Gasteiger partial charge in [-0.25, -0.2) is 0 Å². The van der Waals surface area contributed by atoms with Crippen LogP contribution in [0.15, 0.2) is 4.99 Å². The lowest BCUT2D eigenvalue weighted by Gasteiger charge is -2.31. The van der Waals surface area contributed by atoms with Crippen LogP contribution in [-0.4, -0.2) is 63.8 Å². The van der Waals surface area contributed by atoms with E-state index in [9.17, 15) is 0 Å². The van der Waals surface area contributed by atoms with Crippen molar-refractivity contribution < 1.29 is 4.74 Å².